The van der Waals surface area contributed by atoms with Crippen molar-refractivity contribution >= 4 is 11.8 Å². The Balaban J connectivity index is 2.44. The summed E-state index contributed by atoms with van der Waals surface area (Å²) in [6, 6.07) is 0. The second kappa shape index (κ2) is 3.32. The average molecular weight is 154 g/mol. The molecule has 0 aromatic carbocycles. The number of Topliss-reactive ketones (excluding diaryl/α,β-unsaturated/α-hetero) is 1. The molecule has 0 heterocycles. The van der Waals surface area contributed by atoms with Gasteiger partial charge < -0.3 is 4.74 Å². The highest BCUT2D eigenvalue weighted by Crippen LogP contribution is 2.20. The molecule has 0 bridgehead atoms. The van der Waals surface area contributed by atoms with Gasteiger partial charge in [-0.1, -0.05) is 0 Å². The van der Waals surface area contributed by atoms with Crippen molar-refractivity contribution in [3.8, 4) is 0 Å². The summed E-state index contributed by atoms with van der Waals surface area (Å²) in [4.78, 5) is 21.4. The normalized spacial score (nSPS) is 19.7. The fraction of sp³-hybridized carbons (Fsp3) is 0.500. The van der Waals surface area contributed by atoms with E-state index in [1.165, 1.54) is 6.08 Å². The SMILES string of the molecule is CCOC(=O)/C=C1\CCC1=O. The monoisotopic (exact) mass is 154 g/mol. The van der Waals surface area contributed by atoms with Crippen LogP contribution in [0.25, 0.3) is 0 Å². The van der Waals surface area contributed by atoms with Crippen LogP contribution in [-0.2, 0) is 14.3 Å². The number of carbonyl (C=O) groups excluding carboxylic acids is 2. The highest BCUT2D eigenvalue weighted by Gasteiger charge is 2.21. The van der Waals surface area contributed by atoms with E-state index in [-0.39, 0.29) is 5.78 Å². The van der Waals surface area contributed by atoms with Crippen LogP contribution in [-0.4, -0.2) is 18.4 Å². The van der Waals surface area contributed by atoms with Gasteiger partial charge in [-0.3, -0.25) is 4.79 Å². The van der Waals surface area contributed by atoms with E-state index < -0.39 is 5.97 Å². The van der Waals surface area contributed by atoms with E-state index in [1.54, 1.807) is 6.92 Å². The molecule has 0 aliphatic heterocycles. The van der Waals surface area contributed by atoms with Gasteiger partial charge in [-0.2, -0.15) is 0 Å². The molecule has 1 rings (SSSR count). The third-order valence-electron chi connectivity index (χ3n) is 1.56. The highest BCUT2D eigenvalue weighted by molar-refractivity contribution is 6.05. The van der Waals surface area contributed by atoms with E-state index in [1.807, 2.05) is 0 Å². The summed E-state index contributed by atoms with van der Waals surface area (Å²) in [7, 11) is 0. The van der Waals surface area contributed by atoms with Crippen LogP contribution in [0.3, 0.4) is 0 Å². The lowest BCUT2D eigenvalue weighted by molar-refractivity contribution is -0.137. The summed E-state index contributed by atoms with van der Waals surface area (Å²) in [5.74, 6) is -0.339. The van der Waals surface area contributed by atoms with Gasteiger partial charge in [-0.05, 0) is 13.3 Å². The molecule has 1 fully saturated rings. The third kappa shape index (κ3) is 1.90. The number of hydrogen-bond acceptors (Lipinski definition) is 3. The standard InChI is InChI=1S/C8H10O3/c1-2-11-8(10)5-6-3-4-7(6)9/h5H,2-4H2,1H3/b6-5+. The first-order valence-electron chi connectivity index (χ1n) is 3.64. The van der Waals surface area contributed by atoms with Crippen LogP contribution in [0.15, 0.2) is 11.6 Å². The predicted octanol–water partition coefficient (Wildman–Crippen LogP) is 0.839. The van der Waals surface area contributed by atoms with Gasteiger partial charge in [-0.25, -0.2) is 4.79 Å². The molecule has 3 nitrogen and oxygen atoms in total. The molecular weight excluding hydrogens is 144 g/mol. The van der Waals surface area contributed by atoms with E-state index in [2.05, 4.69) is 4.74 Å². The second-order valence-electron chi connectivity index (χ2n) is 2.34. The largest absolute Gasteiger partial charge is 0.463 e. The maximum atomic E-state index is 10.7. The number of hydrogen-bond donors (Lipinski definition) is 0. The molecule has 0 spiro atoms. The Hall–Kier alpha value is -1.12. The summed E-state index contributed by atoms with van der Waals surface area (Å²) in [6.07, 6.45) is 2.58. The summed E-state index contributed by atoms with van der Waals surface area (Å²) >= 11 is 0. The van der Waals surface area contributed by atoms with Gasteiger partial charge in [0.1, 0.15) is 0 Å². The maximum absolute atomic E-state index is 10.7. The highest BCUT2D eigenvalue weighted by atomic mass is 16.5. The van der Waals surface area contributed by atoms with Crippen molar-refractivity contribution in [1.29, 1.82) is 0 Å². The molecular formula is C8H10O3. The predicted molar refractivity (Wildman–Crippen MR) is 39.0 cm³/mol. The lowest BCUT2D eigenvalue weighted by Crippen LogP contribution is -2.16. The van der Waals surface area contributed by atoms with Gasteiger partial charge in [0, 0.05) is 18.1 Å². The number of esters is 1. The summed E-state index contributed by atoms with van der Waals surface area (Å²) in [5.41, 5.74) is 0.600. The van der Waals surface area contributed by atoms with E-state index in [4.69, 9.17) is 0 Å². The Morgan fingerprint density at radius 1 is 1.64 bits per heavy atom. The molecule has 1 saturated carbocycles. The first-order valence-corrected chi connectivity index (χ1v) is 3.64. The molecule has 11 heavy (non-hydrogen) atoms. The number of rotatable bonds is 2. The van der Waals surface area contributed by atoms with Crippen molar-refractivity contribution in [3.05, 3.63) is 11.6 Å². The Labute approximate surface area is 65.0 Å². The van der Waals surface area contributed by atoms with Gasteiger partial charge in [0.2, 0.25) is 0 Å². The van der Waals surface area contributed by atoms with E-state index in [9.17, 15) is 9.59 Å². The number of ether oxygens (including phenoxy) is 1. The molecule has 0 aromatic heterocycles. The van der Waals surface area contributed by atoms with Crippen LogP contribution >= 0.6 is 0 Å². The molecule has 0 amide bonds. The van der Waals surface area contributed by atoms with Gasteiger partial charge in [-0.15, -0.1) is 0 Å². The fourth-order valence-corrected chi connectivity index (χ4v) is 0.850. The van der Waals surface area contributed by atoms with Crippen molar-refractivity contribution in [3.63, 3.8) is 0 Å². The Kier molecular flexibility index (Phi) is 2.41. The molecule has 0 saturated heterocycles. The number of allylic oxidation sites excluding steroid dienone is 1. The van der Waals surface area contributed by atoms with Crippen LogP contribution in [0.5, 0.6) is 0 Å². The summed E-state index contributed by atoms with van der Waals surface area (Å²) < 4.78 is 4.63. The van der Waals surface area contributed by atoms with Crippen molar-refractivity contribution in [1.82, 2.24) is 0 Å². The van der Waals surface area contributed by atoms with Gasteiger partial charge in [0.05, 0.1) is 6.61 Å². The minimum atomic E-state index is -0.407. The molecule has 60 valence electrons. The van der Waals surface area contributed by atoms with E-state index in [0.717, 1.165) is 6.42 Å². The number of carbonyl (C=O) groups is 2. The number of ketones is 1. The first-order chi connectivity index (χ1) is 5.24. The Morgan fingerprint density at radius 2 is 2.36 bits per heavy atom. The van der Waals surface area contributed by atoms with Crippen LogP contribution < -0.4 is 0 Å². The summed E-state index contributed by atoms with van der Waals surface area (Å²) in [5, 5.41) is 0. The van der Waals surface area contributed by atoms with E-state index in [0.29, 0.717) is 18.6 Å². The Morgan fingerprint density at radius 3 is 2.73 bits per heavy atom. The zero-order valence-corrected chi connectivity index (χ0v) is 6.42. The quantitative estimate of drug-likeness (QED) is 0.437. The third-order valence-corrected chi connectivity index (χ3v) is 1.56. The molecule has 0 atom stereocenters. The van der Waals surface area contributed by atoms with Crippen LogP contribution in [0.2, 0.25) is 0 Å². The van der Waals surface area contributed by atoms with Crippen molar-refractivity contribution in [2.45, 2.75) is 19.8 Å². The second-order valence-corrected chi connectivity index (χ2v) is 2.34. The summed E-state index contributed by atoms with van der Waals surface area (Å²) in [6.45, 7) is 2.09. The van der Waals surface area contributed by atoms with Gasteiger partial charge >= 0.3 is 5.97 Å². The minimum Gasteiger partial charge on any atom is -0.463 e. The molecule has 3 heteroatoms. The van der Waals surface area contributed by atoms with Gasteiger partial charge in [0.15, 0.2) is 5.78 Å². The zero-order chi connectivity index (χ0) is 8.27. The minimum absolute atomic E-state index is 0.0676. The molecule has 1 aliphatic carbocycles. The molecule has 0 aromatic rings. The van der Waals surface area contributed by atoms with Crippen molar-refractivity contribution < 1.29 is 14.3 Å². The lowest BCUT2D eigenvalue weighted by Gasteiger charge is -2.13. The molecule has 0 radical (unpaired) electrons. The molecule has 0 N–H and O–H groups in total. The first kappa shape index (κ1) is 7.98. The van der Waals surface area contributed by atoms with Crippen molar-refractivity contribution in [2.24, 2.45) is 0 Å². The molecule has 1 aliphatic rings. The lowest BCUT2D eigenvalue weighted by atomic mass is 9.90. The smallest absolute Gasteiger partial charge is 0.331 e. The maximum Gasteiger partial charge on any atom is 0.331 e. The van der Waals surface area contributed by atoms with Gasteiger partial charge in [0.25, 0.3) is 0 Å². The average Bonchev–Trinajstić information content (AvgIpc) is 1.98. The van der Waals surface area contributed by atoms with E-state index >= 15 is 0 Å². The fourth-order valence-electron chi connectivity index (χ4n) is 0.850. The zero-order valence-electron chi connectivity index (χ0n) is 6.42. The topological polar surface area (TPSA) is 43.4 Å². The van der Waals surface area contributed by atoms with Crippen LogP contribution in [0.4, 0.5) is 0 Å². The molecule has 0 unspecified atom stereocenters. The van der Waals surface area contributed by atoms with Crippen LogP contribution in [0, 0.1) is 0 Å². The Bertz CT molecular complexity index is 215. The van der Waals surface area contributed by atoms with Crippen molar-refractivity contribution in [2.75, 3.05) is 6.61 Å². The van der Waals surface area contributed by atoms with Crippen LogP contribution in [0.1, 0.15) is 19.8 Å².